The SMILES string of the molecule is CC(C#N)=CC=C1SCC[N+]12CCCC2S(=O)(=O)O. The Bertz CT molecular complexity index is 570. The van der Waals surface area contributed by atoms with Crippen LogP contribution in [0.25, 0.3) is 0 Å². The van der Waals surface area contributed by atoms with Crippen LogP contribution in [0.2, 0.25) is 0 Å². The van der Waals surface area contributed by atoms with E-state index in [1.807, 2.05) is 12.1 Å². The van der Waals surface area contributed by atoms with Crippen molar-refractivity contribution in [2.75, 3.05) is 18.8 Å². The molecule has 2 heterocycles. The first-order valence-electron chi connectivity index (χ1n) is 6.15. The molecule has 2 unspecified atom stereocenters. The molecule has 2 fully saturated rings. The van der Waals surface area contributed by atoms with Gasteiger partial charge in [0.1, 0.15) is 0 Å². The van der Waals surface area contributed by atoms with Crippen LogP contribution < -0.4 is 0 Å². The molecule has 104 valence electrons. The molecule has 2 aliphatic rings. The van der Waals surface area contributed by atoms with E-state index >= 15 is 0 Å². The van der Waals surface area contributed by atoms with Gasteiger partial charge in [-0.3, -0.25) is 9.04 Å². The first kappa shape index (κ1) is 14.6. The summed E-state index contributed by atoms with van der Waals surface area (Å²) < 4.78 is 32.9. The molecule has 7 heteroatoms. The highest BCUT2D eigenvalue weighted by Crippen LogP contribution is 2.45. The monoisotopic (exact) mass is 301 g/mol. The van der Waals surface area contributed by atoms with E-state index in [0.29, 0.717) is 16.5 Å². The smallest absolute Gasteiger partial charge is 0.281 e. The third-order valence-electron chi connectivity index (χ3n) is 3.73. The molecule has 0 saturated carbocycles. The first-order chi connectivity index (χ1) is 8.90. The second-order valence-corrected chi connectivity index (χ2v) is 7.60. The zero-order valence-electron chi connectivity index (χ0n) is 10.7. The Morgan fingerprint density at radius 1 is 1.58 bits per heavy atom. The van der Waals surface area contributed by atoms with Gasteiger partial charge in [0.2, 0.25) is 5.37 Å². The molecule has 1 N–H and O–H groups in total. The van der Waals surface area contributed by atoms with Crippen molar-refractivity contribution in [1.82, 2.24) is 0 Å². The van der Waals surface area contributed by atoms with E-state index in [2.05, 4.69) is 0 Å². The third kappa shape index (κ3) is 2.72. The zero-order valence-corrected chi connectivity index (χ0v) is 12.4. The minimum Gasteiger partial charge on any atom is -0.281 e. The molecule has 0 aromatic rings. The van der Waals surface area contributed by atoms with Crippen molar-refractivity contribution in [2.24, 2.45) is 0 Å². The van der Waals surface area contributed by atoms with Crippen LogP contribution in [-0.2, 0) is 10.1 Å². The number of rotatable bonds is 2. The Hall–Kier alpha value is -0.810. The fourth-order valence-electron chi connectivity index (χ4n) is 2.83. The maximum atomic E-state index is 11.6. The van der Waals surface area contributed by atoms with Gasteiger partial charge in [-0.2, -0.15) is 13.7 Å². The Labute approximate surface area is 117 Å². The average Bonchev–Trinajstić information content (AvgIpc) is 2.94. The largest absolute Gasteiger partial charge is 0.319 e. The lowest BCUT2D eigenvalue weighted by Gasteiger charge is -2.33. The van der Waals surface area contributed by atoms with E-state index in [-0.39, 0.29) is 0 Å². The molecule has 1 spiro atoms. The van der Waals surface area contributed by atoms with Gasteiger partial charge in [-0.1, -0.05) is 11.8 Å². The highest BCUT2D eigenvalue weighted by Gasteiger charge is 2.54. The van der Waals surface area contributed by atoms with E-state index in [1.165, 1.54) is 0 Å². The van der Waals surface area contributed by atoms with Crippen LogP contribution in [0.4, 0.5) is 0 Å². The van der Waals surface area contributed by atoms with Gasteiger partial charge in [0, 0.05) is 24.5 Å². The van der Waals surface area contributed by atoms with Crippen LogP contribution in [0, 0.1) is 11.3 Å². The summed E-state index contributed by atoms with van der Waals surface area (Å²) in [6.45, 7) is 3.17. The lowest BCUT2D eigenvalue weighted by atomic mass is 10.3. The van der Waals surface area contributed by atoms with Gasteiger partial charge in [0.25, 0.3) is 0 Å². The normalized spacial score (nSPS) is 34.1. The summed E-state index contributed by atoms with van der Waals surface area (Å²) in [6.07, 6.45) is 4.84. The predicted octanol–water partition coefficient (Wildman–Crippen LogP) is 1.87. The number of quaternary nitrogens is 1. The fraction of sp³-hybridized carbons (Fsp3) is 0.583. The predicted molar refractivity (Wildman–Crippen MR) is 74.5 cm³/mol. The van der Waals surface area contributed by atoms with Crippen molar-refractivity contribution in [2.45, 2.75) is 25.1 Å². The minimum absolute atomic E-state index is 0.332. The molecule has 0 bridgehead atoms. The lowest BCUT2D eigenvalue weighted by Crippen LogP contribution is -2.51. The van der Waals surface area contributed by atoms with Gasteiger partial charge in [-0.15, -0.1) is 0 Å². The lowest BCUT2D eigenvalue weighted by molar-refractivity contribution is -0.877. The summed E-state index contributed by atoms with van der Waals surface area (Å²) in [7, 11) is -4.04. The molecule has 2 saturated heterocycles. The Balaban J connectivity index is 2.40. The van der Waals surface area contributed by atoms with E-state index in [9.17, 15) is 13.0 Å². The quantitative estimate of drug-likeness (QED) is 0.478. The maximum absolute atomic E-state index is 11.6. The van der Waals surface area contributed by atoms with E-state index < -0.39 is 15.5 Å². The fourth-order valence-corrected chi connectivity index (χ4v) is 5.56. The van der Waals surface area contributed by atoms with Crippen molar-refractivity contribution in [1.29, 1.82) is 5.26 Å². The van der Waals surface area contributed by atoms with Crippen molar-refractivity contribution >= 4 is 21.9 Å². The van der Waals surface area contributed by atoms with Crippen LogP contribution in [0.15, 0.2) is 22.8 Å². The topological polar surface area (TPSA) is 78.2 Å². The van der Waals surface area contributed by atoms with Crippen molar-refractivity contribution in [3.05, 3.63) is 22.8 Å². The van der Waals surface area contributed by atoms with Crippen molar-refractivity contribution in [3.8, 4) is 6.07 Å². The second kappa shape index (κ2) is 5.29. The van der Waals surface area contributed by atoms with Gasteiger partial charge in [-0.25, -0.2) is 0 Å². The standard InChI is InChI=1S/C12H16N2O3S2/c1-10(9-13)4-5-11-14(7-8-18-11)6-2-3-12(14)19(15,16)17/h4-5,12H,2-3,6-8H2,1H3/p+1. The maximum Gasteiger partial charge on any atom is 0.319 e. The summed E-state index contributed by atoms with van der Waals surface area (Å²) in [6, 6.07) is 2.04. The van der Waals surface area contributed by atoms with E-state index in [1.54, 1.807) is 24.8 Å². The van der Waals surface area contributed by atoms with Crippen molar-refractivity contribution in [3.63, 3.8) is 0 Å². The molecule has 0 amide bonds. The van der Waals surface area contributed by atoms with Crippen LogP contribution >= 0.6 is 11.8 Å². The number of thioether (sulfide) groups is 1. The Morgan fingerprint density at radius 3 is 2.95 bits per heavy atom. The summed E-state index contributed by atoms with van der Waals surface area (Å²) in [5.74, 6) is 0.845. The molecular formula is C12H17N2O3S2+. The highest BCUT2D eigenvalue weighted by atomic mass is 32.2. The zero-order chi connectivity index (χ0) is 14.1. The number of nitrogens with zero attached hydrogens (tertiary/aromatic N) is 2. The summed E-state index contributed by atoms with van der Waals surface area (Å²) in [5, 5.41) is 8.95. The summed E-state index contributed by atoms with van der Waals surface area (Å²) in [4.78, 5) is 0. The number of hydrogen-bond donors (Lipinski definition) is 1. The summed E-state index contributed by atoms with van der Waals surface area (Å²) in [5.41, 5.74) is 0.584. The Kier molecular flexibility index (Phi) is 4.06. The first-order valence-corrected chi connectivity index (χ1v) is 8.64. The molecule has 2 aliphatic heterocycles. The van der Waals surface area contributed by atoms with Crippen LogP contribution in [0.5, 0.6) is 0 Å². The second-order valence-electron chi connectivity index (χ2n) is 4.91. The van der Waals surface area contributed by atoms with E-state index in [0.717, 1.165) is 30.3 Å². The van der Waals surface area contributed by atoms with Gasteiger partial charge < -0.3 is 0 Å². The van der Waals surface area contributed by atoms with Gasteiger partial charge in [-0.05, 0) is 13.0 Å². The summed E-state index contributed by atoms with van der Waals surface area (Å²) >= 11 is 1.61. The molecular weight excluding hydrogens is 284 g/mol. The molecule has 2 rings (SSSR count). The Morgan fingerprint density at radius 2 is 2.32 bits per heavy atom. The van der Waals surface area contributed by atoms with Crippen LogP contribution in [-0.4, -0.2) is 41.7 Å². The number of nitriles is 1. The number of allylic oxidation sites excluding steroid dienone is 3. The number of hydrogen-bond acceptors (Lipinski definition) is 4. The van der Waals surface area contributed by atoms with Crippen molar-refractivity contribution < 1.29 is 17.5 Å². The molecule has 2 atom stereocenters. The van der Waals surface area contributed by atoms with Gasteiger partial charge in [0.15, 0.2) is 5.03 Å². The molecule has 0 aromatic heterocycles. The van der Waals surface area contributed by atoms with Crippen LogP contribution in [0.1, 0.15) is 19.8 Å². The van der Waals surface area contributed by atoms with Gasteiger partial charge in [0.05, 0.1) is 24.9 Å². The van der Waals surface area contributed by atoms with E-state index in [4.69, 9.17) is 5.26 Å². The molecule has 19 heavy (non-hydrogen) atoms. The minimum atomic E-state index is -4.04. The molecule has 0 aromatic carbocycles. The third-order valence-corrected chi connectivity index (χ3v) is 6.24. The highest BCUT2D eigenvalue weighted by molar-refractivity contribution is 8.03. The average molecular weight is 301 g/mol. The molecule has 0 radical (unpaired) electrons. The molecule has 0 aliphatic carbocycles. The van der Waals surface area contributed by atoms with Gasteiger partial charge >= 0.3 is 10.1 Å². The molecule has 5 nitrogen and oxygen atoms in total. The van der Waals surface area contributed by atoms with Crippen LogP contribution in [0.3, 0.4) is 0 Å².